The number of benzene rings is 1. The van der Waals surface area contributed by atoms with Crippen LogP contribution in [0.5, 0.6) is 0 Å². The van der Waals surface area contributed by atoms with E-state index in [1.807, 2.05) is 30.9 Å². The number of nitrogens with two attached hydrogens (primary N) is 1. The molecule has 2 fully saturated rings. The largest absolute Gasteiger partial charge is 0.384 e. The number of aromatic nitrogens is 3. The predicted molar refractivity (Wildman–Crippen MR) is 145 cm³/mol. The standard InChI is InChI=1S/C27H34N8O3/c1-3-17(2)24(28)33-38-26(37)20-6-7-21-22(15-20)31-27(30-21)32-23-14-18(8-9-29-23)16-34-10-12-35(13-11-34)25(36)19-4-5-19/h6-9,14-15,17,19H,3-5,10-13,16H2,1-2H3,(H2,28,33)(H2,29,30,31,32). The summed E-state index contributed by atoms with van der Waals surface area (Å²) in [5, 5.41) is 6.98. The van der Waals surface area contributed by atoms with Crippen LogP contribution in [-0.2, 0) is 16.2 Å². The van der Waals surface area contributed by atoms with Crippen LogP contribution in [0.3, 0.4) is 0 Å². The molecule has 1 aromatic carbocycles. The number of oxime groups is 1. The van der Waals surface area contributed by atoms with E-state index < -0.39 is 5.97 Å². The minimum absolute atomic E-state index is 0.0338. The van der Waals surface area contributed by atoms with E-state index in [1.54, 1.807) is 24.4 Å². The Labute approximate surface area is 221 Å². The molecule has 1 aliphatic heterocycles. The van der Waals surface area contributed by atoms with Gasteiger partial charge < -0.3 is 25.8 Å². The zero-order chi connectivity index (χ0) is 26.6. The summed E-state index contributed by atoms with van der Waals surface area (Å²) >= 11 is 0. The van der Waals surface area contributed by atoms with Crippen LogP contribution >= 0.6 is 0 Å². The molecule has 200 valence electrons. The average molecular weight is 519 g/mol. The number of rotatable bonds is 9. The number of imidazole rings is 1. The van der Waals surface area contributed by atoms with Gasteiger partial charge in [0.05, 0.1) is 16.6 Å². The van der Waals surface area contributed by atoms with Gasteiger partial charge >= 0.3 is 5.97 Å². The zero-order valence-corrected chi connectivity index (χ0v) is 21.8. The number of amides is 1. The van der Waals surface area contributed by atoms with Gasteiger partial charge in [-0.1, -0.05) is 19.0 Å². The molecule has 3 aromatic rings. The van der Waals surface area contributed by atoms with Gasteiger partial charge in [-0.2, -0.15) is 0 Å². The molecule has 2 aliphatic rings. The number of piperazine rings is 1. The molecule has 2 aromatic heterocycles. The molecule has 3 heterocycles. The van der Waals surface area contributed by atoms with Crippen LogP contribution in [0.25, 0.3) is 11.0 Å². The van der Waals surface area contributed by atoms with E-state index >= 15 is 0 Å². The summed E-state index contributed by atoms with van der Waals surface area (Å²) in [4.78, 5) is 46.3. The minimum atomic E-state index is -0.589. The van der Waals surface area contributed by atoms with Crippen molar-refractivity contribution in [2.75, 3.05) is 31.5 Å². The third kappa shape index (κ3) is 6.10. The molecule has 1 atom stereocenters. The molecule has 4 N–H and O–H groups in total. The second-order valence-electron chi connectivity index (χ2n) is 10.1. The van der Waals surface area contributed by atoms with Gasteiger partial charge in [0, 0.05) is 50.8 Å². The van der Waals surface area contributed by atoms with E-state index in [1.165, 1.54) is 0 Å². The molecule has 1 saturated heterocycles. The first-order chi connectivity index (χ1) is 18.4. The fourth-order valence-corrected chi connectivity index (χ4v) is 4.38. The minimum Gasteiger partial charge on any atom is -0.384 e. The van der Waals surface area contributed by atoms with E-state index in [9.17, 15) is 9.59 Å². The van der Waals surface area contributed by atoms with Crippen molar-refractivity contribution in [3.05, 3.63) is 47.7 Å². The first-order valence-corrected chi connectivity index (χ1v) is 13.2. The summed E-state index contributed by atoms with van der Waals surface area (Å²) in [5.41, 5.74) is 8.68. The van der Waals surface area contributed by atoms with Gasteiger partial charge in [0.1, 0.15) is 11.7 Å². The molecule has 5 rings (SSSR count). The number of nitrogens with one attached hydrogen (secondary N) is 2. The molecule has 0 radical (unpaired) electrons. The lowest BCUT2D eigenvalue weighted by molar-refractivity contribution is -0.134. The van der Waals surface area contributed by atoms with Crippen LogP contribution in [0.1, 0.15) is 49.0 Å². The first kappa shape index (κ1) is 25.7. The van der Waals surface area contributed by atoms with Crippen LogP contribution in [0, 0.1) is 11.8 Å². The summed E-state index contributed by atoms with van der Waals surface area (Å²) in [7, 11) is 0. The van der Waals surface area contributed by atoms with E-state index in [4.69, 9.17) is 10.6 Å². The molecule has 1 aliphatic carbocycles. The van der Waals surface area contributed by atoms with Gasteiger partial charge in [0.15, 0.2) is 0 Å². The molecular formula is C27H34N8O3. The highest BCUT2D eigenvalue weighted by Gasteiger charge is 2.34. The van der Waals surface area contributed by atoms with E-state index in [0.29, 0.717) is 34.3 Å². The molecular weight excluding hydrogens is 484 g/mol. The number of hydrogen-bond acceptors (Lipinski definition) is 8. The Balaban J connectivity index is 1.19. The summed E-state index contributed by atoms with van der Waals surface area (Å²) in [6, 6.07) is 9.05. The molecule has 0 spiro atoms. The van der Waals surface area contributed by atoms with Crippen molar-refractivity contribution in [3.8, 4) is 0 Å². The van der Waals surface area contributed by atoms with Gasteiger partial charge in [-0.05, 0) is 55.2 Å². The number of H-pyrrole nitrogens is 1. The van der Waals surface area contributed by atoms with Crippen molar-refractivity contribution in [1.29, 1.82) is 0 Å². The number of carbonyl (C=O) groups is 2. The fraction of sp³-hybridized carbons (Fsp3) is 0.444. The number of nitrogens with zero attached hydrogens (tertiary/aromatic N) is 5. The number of hydrogen-bond donors (Lipinski definition) is 3. The molecule has 11 heteroatoms. The molecule has 1 amide bonds. The topological polar surface area (TPSA) is 142 Å². The number of carbonyl (C=O) groups excluding carboxylic acids is 2. The number of anilines is 2. The second-order valence-corrected chi connectivity index (χ2v) is 10.1. The lowest BCUT2D eigenvalue weighted by Gasteiger charge is -2.34. The van der Waals surface area contributed by atoms with Gasteiger partial charge in [0.2, 0.25) is 11.9 Å². The Morgan fingerprint density at radius 2 is 2.00 bits per heavy atom. The Hall–Kier alpha value is -3.99. The van der Waals surface area contributed by atoms with E-state index in [-0.39, 0.29) is 17.7 Å². The number of amidine groups is 1. The van der Waals surface area contributed by atoms with E-state index in [2.05, 4.69) is 30.3 Å². The summed E-state index contributed by atoms with van der Waals surface area (Å²) < 4.78 is 0. The van der Waals surface area contributed by atoms with Gasteiger partial charge in [0.25, 0.3) is 0 Å². The Kier molecular flexibility index (Phi) is 7.54. The summed E-state index contributed by atoms with van der Waals surface area (Å²) in [6.45, 7) is 8.01. The van der Waals surface area contributed by atoms with Gasteiger partial charge in [-0.25, -0.2) is 14.8 Å². The summed E-state index contributed by atoms with van der Waals surface area (Å²) in [5.74, 6) is 1.52. The highest BCUT2D eigenvalue weighted by molar-refractivity contribution is 5.94. The quantitative estimate of drug-likeness (QED) is 0.170. The normalized spacial score (nSPS) is 17.4. The van der Waals surface area contributed by atoms with Crippen molar-refractivity contribution < 1.29 is 14.4 Å². The van der Waals surface area contributed by atoms with Crippen molar-refractivity contribution >= 4 is 40.5 Å². The summed E-state index contributed by atoms with van der Waals surface area (Å²) in [6.07, 6.45) is 4.68. The van der Waals surface area contributed by atoms with Crippen LogP contribution in [0.4, 0.5) is 11.8 Å². The SMILES string of the molecule is CCC(C)/C(N)=N/OC(=O)c1ccc2nc(Nc3cc(CN4CCN(C(=O)C5CC5)CC4)ccn3)[nH]c2c1. The number of pyridine rings is 1. The lowest BCUT2D eigenvalue weighted by Crippen LogP contribution is -2.48. The maximum atomic E-state index is 12.4. The number of aromatic amines is 1. The van der Waals surface area contributed by atoms with Crippen LogP contribution in [0.2, 0.25) is 0 Å². The van der Waals surface area contributed by atoms with Crippen molar-refractivity contribution in [2.45, 2.75) is 39.7 Å². The molecule has 1 unspecified atom stereocenters. The maximum Gasteiger partial charge on any atom is 0.365 e. The molecule has 1 saturated carbocycles. The molecule has 11 nitrogen and oxygen atoms in total. The Morgan fingerprint density at radius 3 is 2.74 bits per heavy atom. The third-order valence-corrected chi connectivity index (χ3v) is 7.16. The maximum absolute atomic E-state index is 12.4. The van der Waals surface area contributed by atoms with Crippen LogP contribution in [0.15, 0.2) is 41.7 Å². The highest BCUT2D eigenvalue weighted by Crippen LogP contribution is 2.31. The number of fused-ring (bicyclic) bond motifs is 1. The van der Waals surface area contributed by atoms with Crippen molar-refractivity contribution in [1.82, 2.24) is 24.8 Å². The van der Waals surface area contributed by atoms with E-state index in [0.717, 1.165) is 57.5 Å². The molecule has 38 heavy (non-hydrogen) atoms. The van der Waals surface area contributed by atoms with Gasteiger partial charge in [-0.15, -0.1) is 0 Å². The van der Waals surface area contributed by atoms with Crippen molar-refractivity contribution in [3.63, 3.8) is 0 Å². The zero-order valence-electron chi connectivity index (χ0n) is 21.8. The first-order valence-electron chi connectivity index (χ1n) is 13.2. The Morgan fingerprint density at radius 1 is 1.21 bits per heavy atom. The average Bonchev–Trinajstić information content (AvgIpc) is 3.71. The second kappa shape index (κ2) is 11.2. The van der Waals surface area contributed by atoms with Crippen molar-refractivity contribution in [2.24, 2.45) is 22.7 Å². The molecule has 0 bridgehead atoms. The Bertz CT molecular complexity index is 1340. The smallest absolute Gasteiger partial charge is 0.365 e. The highest BCUT2D eigenvalue weighted by atomic mass is 16.7. The predicted octanol–water partition coefficient (Wildman–Crippen LogP) is 3.23. The van der Waals surface area contributed by atoms with Crippen LogP contribution < -0.4 is 11.1 Å². The third-order valence-electron chi connectivity index (χ3n) is 7.16. The van der Waals surface area contributed by atoms with Crippen LogP contribution in [-0.4, -0.2) is 68.6 Å². The monoisotopic (exact) mass is 518 g/mol. The fourth-order valence-electron chi connectivity index (χ4n) is 4.38. The lowest BCUT2D eigenvalue weighted by atomic mass is 10.1. The van der Waals surface area contributed by atoms with Gasteiger partial charge in [-0.3, -0.25) is 9.69 Å².